The summed E-state index contributed by atoms with van der Waals surface area (Å²) in [5.41, 5.74) is -1.12. The van der Waals surface area contributed by atoms with Crippen molar-refractivity contribution >= 4 is 17.8 Å². The largest absolute Gasteiger partial charge is 0.493 e. The molecule has 0 aromatic heterocycles. The van der Waals surface area contributed by atoms with E-state index in [0.29, 0.717) is 5.75 Å². The van der Waals surface area contributed by atoms with Gasteiger partial charge in [0.2, 0.25) is 0 Å². The maximum Gasteiger partial charge on any atom is 0.329 e. The molecular formula is C18H26N2O6. The smallest absolute Gasteiger partial charge is 0.329 e. The maximum atomic E-state index is 12.6. The number of likely N-dealkylation sites (N-methyl/N-ethyl adjacent to an activating group) is 1. The standard InChI is InChI=1S/C18H26N2O6/c1-11(2)19-15(21)10-26-13-8-7-12(9-14(13)25-6)16(22)20(5)18(3,4)17(23)24/h7-9,11H,10H2,1-6H3,(H,19,21)(H,23,24). The first kappa shape index (κ1) is 21.3. The Bertz CT molecular complexity index is 684. The van der Waals surface area contributed by atoms with Gasteiger partial charge < -0.3 is 24.8 Å². The van der Waals surface area contributed by atoms with Gasteiger partial charge >= 0.3 is 5.97 Å². The zero-order chi connectivity index (χ0) is 20.1. The number of carbonyl (C=O) groups is 3. The van der Waals surface area contributed by atoms with Crippen molar-refractivity contribution in [1.29, 1.82) is 0 Å². The molecular weight excluding hydrogens is 340 g/mol. The zero-order valence-electron chi connectivity index (χ0n) is 16.0. The Morgan fingerprint density at radius 1 is 1.23 bits per heavy atom. The number of aliphatic carboxylic acids is 1. The van der Waals surface area contributed by atoms with Crippen molar-refractivity contribution in [3.63, 3.8) is 0 Å². The van der Waals surface area contributed by atoms with E-state index in [1.54, 1.807) is 0 Å². The molecule has 26 heavy (non-hydrogen) atoms. The Balaban J connectivity index is 2.96. The Labute approximate surface area is 153 Å². The molecule has 0 bridgehead atoms. The van der Waals surface area contributed by atoms with E-state index in [1.165, 1.54) is 46.2 Å². The lowest BCUT2D eigenvalue weighted by Gasteiger charge is -2.31. The number of ether oxygens (including phenoxy) is 2. The Morgan fingerprint density at radius 3 is 2.35 bits per heavy atom. The van der Waals surface area contributed by atoms with E-state index in [0.717, 1.165) is 4.90 Å². The lowest BCUT2D eigenvalue weighted by atomic mass is 10.0. The van der Waals surface area contributed by atoms with Crippen LogP contribution in [0, 0.1) is 0 Å². The molecule has 0 heterocycles. The van der Waals surface area contributed by atoms with E-state index in [2.05, 4.69) is 5.32 Å². The van der Waals surface area contributed by atoms with Crippen molar-refractivity contribution in [3.8, 4) is 11.5 Å². The van der Waals surface area contributed by atoms with Crippen molar-refractivity contribution in [2.24, 2.45) is 0 Å². The summed E-state index contributed by atoms with van der Waals surface area (Å²) in [6.45, 7) is 6.38. The summed E-state index contributed by atoms with van der Waals surface area (Å²) in [5.74, 6) is -1.28. The molecule has 1 rings (SSSR count). The third-order valence-electron chi connectivity index (χ3n) is 3.89. The lowest BCUT2D eigenvalue weighted by molar-refractivity contribution is -0.147. The van der Waals surface area contributed by atoms with Crippen LogP contribution in [0.2, 0.25) is 0 Å². The number of carboxylic acid groups (broad SMARTS) is 1. The van der Waals surface area contributed by atoms with Crippen LogP contribution in [0.4, 0.5) is 0 Å². The highest BCUT2D eigenvalue weighted by molar-refractivity contribution is 5.98. The molecule has 2 amide bonds. The summed E-state index contributed by atoms with van der Waals surface area (Å²) in [6, 6.07) is 4.46. The van der Waals surface area contributed by atoms with E-state index in [-0.39, 0.29) is 29.9 Å². The molecule has 0 aliphatic rings. The average molecular weight is 366 g/mol. The number of rotatable bonds is 8. The molecule has 1 aromatic carbocycles. The Kier molecular flexibility index (Phi) is 7.00. The van der Waals surface area contributed by atoms with Crippen LogP contribution in [0.15, 0.2) is 18.2 Å². The second-order valence-corrected chi connectivity index (χ2v) is 6.60. The number of methoxy groups -OCH3 is 1. The first-order valence-corrected chi connectivity index (χ1v) is 8.12. The minimum Gasteiger partial charge on any atom is -0.493 e. The van der Waals surface area contributed by atoms with Crippen LogP contribution in [-0.4, -0.2) is 60.1 Å². The van der Waals surface area contributed by atoms with Crippen molar-refractivity contribution < 1.29 is 29.0 Å². The number of hydrogen-bond donors (Lipinski definition) is 2. The number of carboxylic acids is 1. The summed E-state index contributed by atoms with van der Waals surface area (Å²) in [6.07, 6.45) is 0. The molecule has 0 radical (unpaired) electrons. The van der Waals surface area contributed by atoms with Gasteiger partial charge in [-0.3, -0.25) is 9.59 Å². The lowest BCUT2D eigenvalue weighted by Crippen LogP contribution is -2.50. The molecule has 0 aliphatic heterocycles. The fourth-order valence-corrected chi connectivity index (χ4v) is 2.02. The summed E-state index contributed by atoms with van der Waals surface area (Å²) < 4.78 is 10.7. The third kappa shape index (κ3) is 5.11. The highest BCUT2D eigenvalue weighted by Gasteiger charge is 2.35. The van der Waals surface area contributed by atoms with Gasteiger partial charge in [0.15, 0.2) is 18.1 Å². The predicted molar refractivity (Wildman–Crippen MR) is 95.6 cm³/mol. The quantitative estimate of drug-likeness (QED) is 0.723. The van der Waals surface area contributed by atoms with Crippen molar-refractivity contribution in [1.82, 2.24) is 10.2 Å². The molecule has 2 N–H and O–H groups in total. The fourth-order valence-electron chi connectivity index (χ4n) is 2.02. The molecule has 0 aliphatic carbocycles. The van der Waals surface area contributed by atoms with Crippen molar-refractivity contribution in [2.45, 2.75) is 39.3 Å². The monoisotopic (exact) mass is 366 g/mol. The first-order valence-electron chi connectivity index (χ1n) is 8.12. The molecule has 0 saturated carbocycles. The Morgan fingerprint density at radius 2 is 1.85 bits per heavy atom. The predicted octanol–water partition coefficient (Wildman–Crippen LogP) is 1.53. The molecule has 8 heteroatoms. The second-order valence-electron chi connectivity index (χ2n) is 6.60. The topological polar surface area (TPSA) is 105 Å². The van der Waals surface area contributed by atoms with Gasteiger partial charge in [-0.25, -0.2) is 4.79 Å². The van der Waals surface area contributed by atoms with Crippen LogP contribution < -0.4 is 14.8 Å². The average Bonchev–Trinajstić information content (AvgIpc) is 2.57. The summed E-state index contributed by atoms with van der Waals surface area (Å²) in [5, 5.41) is 12.0. The zero-order valence-corrected chi connectivity index (χ0v) is 16.0. The van der Waals surface area contributed by atoms with E-state index in [4.69, 9.17) is 9.47 Å². The van der Waals surface area contributed by atoms with Gasteiger partial charge in [0.05, 0.1) is 7.11 Å². The highest BCUT2D eigenvalue weighted by Crippen LogP contribution is 2.29. The number of carbonyl (C=O) groups excluding carboxylic acids is 2. The normalized spacial score (nSPS) is 11.0. The van der Waals surface area contributed by atoms with Gasteiger partial charge in [-0.1, -0.05) is 0 Å². The molecule has 144 valence electrons. The second kappa shape index (κ2) is 8.55. The maximum absolute atomic E-state index is 12.6. The van der Waals surface area contributed by atoms with Crippen LogP contribution in [0.5, 0.6) is 11.5 Å². The Hall–Kier alpha value is -2.77. The fraction of sp³-hybridized carbons (Fsp3) is 0.500. The first-order chi connectivity index (χ1) is 12.0. The van der Waals surface area contributed by atoms with Gasteiger partial charge in [-0.05, 0) is 45.9 Å². The van der Waals surface area contributed by atoms with Gasteiger partial charge in [-0.15, -0.1) is 0 Å². The van der Waals surface area contributed by atoms with E-state index < -0.39 is 17.4 Å². The molecule has 1 aromatic rings. The third-order valence-corrected chi connectivity index (χ3v) is 3.89. The van der Waals surface area contributed by atoms with Crippen molar-refractivity contribution in [2.75, 3.05) is 20.8 Å². The number of hydrogen-bond acceptors (Lipinski definition) is 5. The van der Waals surface area contributed by atoms with Crippen molar-refractivity contribution in [3.05, 3.63) is 23.8 Å². The number of benzene rings is 1. The van der Waals surface area contributed by atoms with Crippen LogP contribution in [0.25, 0.3) is 0 Å². The molecule has 0 atom stereocenters. The van der Waals surface area contributed by atoms with Crippen LogP contribution in [-0.2, 0) is 9.59 Å². The van der Waals surface area contributed by atoms with Crippen LogP contribution in [0.3, 0.4) is 0 Å². The van der Waals surface area contributed by atoms with Gasteiger partial charge in [0.25, 0.3) is 11.8 Å². The molecule has 0 fully saturated rings. The SMILES string of the molecule is COc1cc(C(=O)N(C)C(C)(C)C(=O)O)ccc1OCC(=O)NC(C)C. The summed E-state index contributed by atoms with van der Waals surface area (Å²) >= 11 is 0. The number of nitrogens with one attached hydrogen (secondary N) is 1. The van der Waals surface area contributed by atoms with E-state index in [9.17, 15) is 19.5 Å². The van der Waals surface area contributed by atoms with Gasteiger partial charge in [-0.2, -0.15) is 0 Å². The minimum atomic E-state index is -1.37. The van der Waals surface area contributed by atoms with Crippen LogP contribution >= 0.6 is 0 Å². The molecule has 0 unspecified atom stereocenters. The number of amides is 2. The van der Waals surface area contributed by atoms with Gasteiger partial charge in [0.1, 0.15) is 5.54 Å². The molecule has 8 nitrogen and oxygen atoms in total. The van der Waals surface area contributed by atoms with E-state index in [1.807, 2.05) is 13.8 Å². The summed E-state index contributed by atoms with van der Waals surface area (Å²) in [4.78, 5) is 36.7. The van der Waals surface area contributed by atoms with Crippen LogP contribution in [0.1, 0.15) is 38.1 Å². The highest BCUT2D eigenvalue weighted by atomic mass is 16.5. The van der Waals surface area contributed by atoms with E-state index >= 15 is 0 Å². The van der Waals surface area contributed by atoms with Gasteiger partial charge in [0, 0.05) is 18.7 Å². The minimum absolute atomic E-state index is 0.00104. The number of nitrogens with zero attached hydrogens (tertiary/aromatic N) is 1. The summed E-state index contributed by atoms with van der Waals surface area (Å²) in [7, 11) is 2.83. The molecule has 0 saturated heterocycles. The molecule has 0 spiro atoms.